The molecule has 2 unspecified atom stereocenters. The van der Waals surface area contributed by atoms with Gasteiger partial charge in [-0.25, -0.2) is 0 Å². The third-order valence-electron chi connectivity index (χ3n) is 3.38. The lowest BCUT2D eigenvalue weighted by Gasteiger charge is -2.14. The predicted molar refractivity (Wildman–Crippen MR) is 86.3 cm³/mol. The van der Waals surface area contributed by atoms with Gasteiger partial charge < -0.3 is 5.32 Å². The van der Waals surface area contributed by atoms with Gasteiger partial charge in [-0.05, 0) is 30.5 Å². The monoisotopic (exact) mass is 306 g/mol. The minimum atomic E-state index is -0.886. The molecule has 1 aromatic carbocycles. The molecule has 0 aliphatic rings. The molecule has 21 heavy (non-hydrogen) atoms. The van der Waals surface area contributed by atoms with Crippen LogP contribution in [0.2, 0.25) is 0 Å². The van der Waals surface area contributed by atoms with E-state index in [0.717, 1.165) is 0 Å². The first kappa shape index (κ1) is 17.4. The second kappa shape index (κ2) is 8.58. The molecule has 0 saturated heterocycles. The molecule has 5 heteroatoms. The molecule has 2 atom stereocenters. The molecule has 1 amide bonds. The van der Waals surface area contributed by atoms with Crippen molar-refractivity contribution in [3.05, 3.63) is 29.8 Å². The Morgan fingerprint density at radius 1 is 1.38 bits per heavy atom. The van der Waals surface area contributed by atoms with Gasteiger partial charge in [-0.1, -0.05) is 26.8 Å². The molecule has 0 aliphatic heterocycles. The normalized spacial score (nSPS) is 13.5. The summed E-state index contributed by atoms with van der Waals surface area (Å²) in [5, 5.41) is 11.7. The van der Waals surface area contributed by atoms with Gasteiger partial charge in [0.15, 0.2) is 0 Å². The van der Waals surface area contributed by atoms with E-state index in [0.29, 0.717) is 35.8 Å². The maximum Gasteiger partial charge on any atom is 0.224 e. The van der Waals surface area contributed by atoms with Crippen LogP contribution < -0.4 is 5.32 Å². The van der Waals surface area contributed by atoms with Crippen LogP contribution in [0.15, 0.2) is 24.3 Å². The number of carbonyl (C=O) groups excluding carboxylic acids is 1. The van der Waals surface area contributed by atoms with Crippen molar-refractivity contribution >= 4 is 22.4 Å². The highest BCUT2D eigenvalue weighted by atomic mass is 32.2. The van der Waals surface area contributed by atoms with E-state index in [-0.39, 0.29) is 11.2 Å². The minimum absolute atomic E-state index is 0.112. The fourth-order valence-electron chi connectivity index (χ4n) is 1.75. The van der Waals surface area contributed by atoms with Crippen molar-refractivity contribution < 1.29 is 9.00 Å². The number of rotatable bonds is 7. The Morgan fingerprint density at radius 2 is 2.10 bits per heavy atom. The summed E-state index contributed by atoms with van der Waals surface area (Å²) < 4.78 is 12.0. The number of hydrogen-bond donors (Lipinski definition) is 1. The molecule has 0 saturated carbocycles. The molecule has 0 fully saturated rings. The Labute approximate surface area is 129 Å². The Balaban J connectivity index is 2.38. The van der Waals surface area contributed by atoms with Gasteiger partial charge in [0.05, 0.1) is 11.6 Å². The number of anilines is 1. The lowest BCUT2D eigenvalue weighted by molar-refractivity contribution is -0.116. The first-order chi connectivity index (χ1) is 9.93. The van der Waals surface area contributed by atoms with Crippen molar-refractivity contribution in [2.24, 2.45) is 5.92 Å². The van der Waals surface area contributed by atoms with Crippen molar-refractivity contribution in [1.82, 2.24) is 0 Å². The van der Waals surface area contributed by atoms with Crippen LogP contribution in [0.25, 0.3) is 0 Å². The Morgan fingerprint density at radius 3 is 2.71 bits per heavy atom. The van der Waals surface area contributed by atoms with E-state index in [1.54, 1.807) is 24.3 Å². The van der Waals surface area contributed by atoms with Crippen LogP contribution in [0.3, 0.4) is 0 Å². The highest BCUT2D eigenvalue weighted by molar-refractivity contribution is 7.85. The molecule has 0 aliphatic carbocycles. The number of benzene rings is 1. The van der Waals surface area contributed by atoms with Gasteiger partial charge in [-0.3, -0.25) is 9.00 Å². The van der Waals surface area contributed by atoms with E-state index in [1.807, 2.05) is 13.0 Å². The number of hydrogen-bond acceptors (Lipinski definition) is 3. The quantitative estimate of drug-likeness (QED) is 0.841. The van der Waals surface area contributed by atoms with Crippen molar-refractivity contribution in [3.8, 4) is 6.07 Å². The van der Waals surface area contributed by atoms with Gasteiger partial charge in [-0.15, -0.1) is 0 Å². The second-order valence-corrected chi connectivity index (χ2v) is 7.29. The number of carbonyl (C=O) groups is 1. The van der Waals surface area contributed by atoms with Crippen LogP contribution in [-0.4, -0.2) is 21.1 Å². The standard InChI is InChI=1S/C16H22N2O2S/c1-12(2)13(3)21(20)9-5-8-16(19)18-15-7-4-6-14(10-15)11-17/h4,6-7,10,12-13H,5,8-9H2,1-3H3,(H,18,19). The topological polar surface area (TPSA) is 70.0 Å². The molecule has 1 rings (SSSR count). The van der Waals surface area contributed by atoms with Crippen molar-refractivity contribution in [3.63, 3.8) is 0 Å². The zero-order valence-electron chi connectivity index (χ0n) is 12.8. The molecule has 0 heterocycles. The molecule has 0 spiro atoms. The van der Waals surface area contributed by atoms with Crippen LogP contribution >= 0.6 is 0 Å². The maximum atomic E-state index is 12.0. The van der Waals surface area contributed by atoms with Gasteiger partial charge in [-0.2, -0.15) is 5.26 Å². The average molecular weight is 306 g/mol. The van der Waals surface area contributed by atoms with E-state index in [9.17, 15) is 9.00 Å². The summed E-state index contributed by atoms with van der Waals surface area (Å²) in [6, 6.07) is 8.83. The summed E-state index contributed by atoms with van der Waals surface area (Å²) in [7, 11) is -0.886. The predicted octanol–water partition coefficient (Wildman–Crippen LogP) is 3.07. The van der Waals surface area contributed by atoms with Gasteiger partial charge in [0, 0.05) is 33.9 Å². The van der Waals surface area contributed by atoms with Gasteiger partial charge in [0.25, 0.3) is 0 Å². The summed E-state index contributed by atoms with van der Waals surface area (Å²) in [6.45, 7) is 6.09. The zero-order chi connectivity index (χ0) is 15.8. The lowest BCUT2D eigenvalue weighted by atomic mass is 10.2. The zero-order valence-corrected chi connectivity index (χ0v) is 13.6. The summed E-state index contributed by atoms with van der Waals surface area (Å²) in [5.41, 5.74) is 1.13. The average Bonchev–Trinajstić information content (AvgIpc) is 2.46. The molecule has 4 nitrogen and oxygen atoms in total. The van der Waals surface area contributed by atoms with E-state index in [4.69, 9.17) is 5.26 Å². The van der Waals surface area contributed by atoms with E-state index in [1.165, 1.54) is 0 Å². The first-order valence-corrected chi connectivity index (χ1v) is 8.49. The molecule has 0 radical (unpaired) electrons. The van der Waals surface area contributed by atoms with Gasteiger partial charge in [0.2, 0.25) is 5.91 Å². The minimum Gasteiger partial charge on any atom is -0.326 e. The fraction of sp³-hybridized carbons (Fsp3) is 0.500. The van der Waals surface area contributed by atoms with Crippen molar-refractivity contribution in [1.29, 1.82) is 5.26 Å². The Hall–Kier alpha value is -1.67. The summed E-state index contributed by atoms with van der Waals surface area (Å²) in [6.07, 6.45) is 0.945. The number of nitrogens with zero attached hydrogens (tertiary/aromatic N) is 1. The Kier molecular flexibility index (Phi) is 7.10. The molecular weight excluding hydrogens is 284 g/mol. The molecule has 114 valence electrons. The molecule has 1 N–H and O–H groups in total. The lowest BCUT2D eigenvalue weighted by Crippen LogP contribution is -2.21. The summed E-state index contributed by atoms with van der Waals surface area (Å²) in [4.78, 5) is 11.8. The number of nitrogens with one attached hydrogen (secondary N) is 1. The van der Waals surface area contributed by atoms with Crippen LogP contribution in [0.1, 0.15) is 39.2 Å². The smallest absolute Gasteiger partial charge is 0.224 e. The summed E-state index contributed by atoms with van der Waals surface area (Å²) in [5.74, 6) is 0.818. The Bertz CT molecular complexity index is 549. The van der Waals surface area contributed by atoms with Crippen molar-refractivity contribution in [2.75, 3.05) is 11.1 Å². The van der Waals surface area contributed by atoms with Gasteiger partial charge >= 0.3 is 0 Å². The van der Waals surface area contributed by atoms with Crippen LogP contribution in [0, 0.1) is 17.2 Å². The molecule has 0 bridgehead atoms. The van der Waals surface area contributed by atoms with Crippen LogP contribution in [-0.2, 0) is 15.6 Å². The molecular formula is C16H22N2O2S. The van der Waals surface area contributed by atoms with E-state index in [2.05, 4.69) is 19.2 Å². The SMILES string of the molecule is CC(C)C(C)S(=O)CCCC(=O)Nc1cccc(C#N)c1. The fourth-order valence-corrected chi connectivity index (χ4v) is 3.16. The second-order valence-electron chi connectivity index (χ2n) is 5.38. The largest absolute Gasteiger partial charge is 0.326 e. The molecule has 0 aromatic heterocycles. The third-order valence-corrected chi connectivity index (χ3v) is 5.44. The number of nitriles is 1. The van der Waals surface area contributed by atoms with Crippen LogP contribution in [0.5, 0.6) is 0 Å². The first-order valence-electron chi connectivity index (χ1n) is 7.11. The number of amides is 1. The van der Waals surface area contributed by atoms with E-state index < -0.39 is 10.8 Å². The highest BCUT2D eigenvalue weighted by Crippen LogP contribution is 2.12. The van der Waals surface area contributed by atoms with Crippen LogP contribution in [0.4, 0.5) is 5.69 Å². The summed E-state index contributed by atoms with van der Waals surface area (Å²) >= 11 is 0. The van der Waals surface area contributed by atoms with Crippen molar-refractivity contribution in [2.45, 2.75) is 38.9 Å². The highest BCUT2D eigenvalue weighted by Gasteiger charge is 2.15. The van der Waals surface area contributed by atoms with E-state index >= 15 is 0 Å². The molecule has 1 aromatic rings. The van der Waals surface area contributed by atoms with Gasteiger partial charge in [0.1, 0.15) is 0 Å². The maximum absolute atomic E-state index is 12.0. The third kappa shape index (κ3) is 6.09.